The molecule has 1 aromatic heterocycles. The minimum atomic E-state index is -3.60. The van der Waals surface area contributed by atoms with Gasteiger partial charge in [-0.25, -0.2) is 12.7 Å². The minimum Gasteiger partial charge on any atom is -0.348 e. The molecule has 1 aliphatic rings. The molecule has 1 atom stereocenters. The average molecular weight is 453 g/mol. The van der Waals surface area contributed by atoms with Gasteiger partial charge < -0.3 is 9.88 Å². The van der Waals surface area contributed by atoms with Crippen LogP contribution in [0.4, 0.5) is 5.69 Å². The monoisotopic (exact) mass is 452 g/mol. The van der Waals surface area contributed by atoms with Crippen LogP contribution in [0.25, 0.3) is 0 Å². The first kappa shape index (κ1) is 22.3. The molecule has 0 spiro atoms. The maximum absolute atomic E-state index is 13.0. The van der Waals surface area contributed by atoms with E-state index < -0.39 is 10.0 Å². The fourth-order valence-electron chi connectivity index (χ4n) is 4.16. The molecule has 0 aliphatic carbocycles. The Balaban J connectivity index is 1.55. The van der Waals surface area contributed by atoms with Crippen LogP contribution in [0.5, 0.6) is 0 Å². The summed E-state index contributed by atoms with van der Waals surface area (Å²) >= 11 is 0. The highest BCUT2D eigenvalue weighted by molar-refractivity contribution is 7.89. The predicted molar refractivity (Wildman–Crippen MR) is 125 cm³/mol. The summed E-state index contributed by atoms with van der Waals surface area (Å²) < 4.78 is 28.6. The van der Waals surface area contributed by atoms with Crippen molar-refractivity contribution in [2.75, 3.05) is 32.5 Å². The highest BCUT2D eigenvalue weighted by Crippen LogP contribution is 2.32. The Kier molecular flexibility index (Phi) is 6.19. The van der Waals surface area contributed by atoms with Crippen LogP contribution in [-0.2, 0) is 21.4 Å². The number of anilines is 1. The van der Waals surface area contributed by atoms with Crippen molar-refractivity contribution in [3.8, 4) is 0 Å². The van der Waals surface area contributed by atoms with Gasteiger partial charge in [-0.1, -0.05) is 36.4 Å². The van der Waals surface area contributed by atoms with Gasteiger partial charge in [0.25, 0.3) is 0 Å². The van der Waals surface area contributed by atoms with Crippen LogP contribution >= 0.6 is 0 Å². The molecular formula is C24H28N4O3S. The molecule has 3 aromatic rings. The number of sulfonamides is 1. The summed E-state index contributed by atoms with van der Waals surface area (Å²) in [5.41, 5.74) is 3.40. The average Bonchev–Trinajstić information content (AvgIpc) is 3.24. The van der Waals surface area contributed by atoms with E-state index in [0.29, 0.717) is 11.3 Å². The first-order chi connectivity index (χ1) is 15.3. The zero-order valence-electron chi connectivity index (χ0n) is 18.5. The van der Waals surface area contributed by atoms with Crippen molar-refractivity contribution >= 4 is 21.6 Å². The lowest BCUT2D eigenvalue weighted by Gasteiger charge is -2.36. The summed E-state index contributed by atoms with van der Waals surface area (Å²) in [5, 5.41) is 2.89. The van der Waals surface area contributed by atoms with Crippen molar-refractivity contribution in [2.45, 2.75) is 24.4 Å². The molecule has 1 aliphatic heterocycles. The van der Waals surface area contributed by atoms with Gasteiger partial charge in [0.2, 0.25) is 15.9 Å². The maximum Gasteiger partial charge on any atom is 0.242 e. The van der Waals surface area contributed by atoms with Crippen LogP contribution in [0.15, 0.2) is 71.8 Å². The molecule has 0 radical (unpaired) electrons. The van der Waals surface area contributed by atoms with Gasteiger partial charge in [0, 0.05) is 44.8 Å². The van der Waals surface area contributed by atoms with E-state index in [0.717, 1.165) is 24.3 Å². The molecule has 2 heterocycles. The number of hydrogen-bond acceptors (Lipinski definition) is 4. The Labute approximate surface area is 189 Å². The first-order valence-corrected chi connectivity index (χ1v) is 12.0. The van der Waals surface area contributed by atoms with Gasteiger partial charge in [-0.2, -0.15) is 0 Å². The van der Waals surface area contributed by atoms with Crippen molar-refractivity contribution in [1.82, 2.24) is 13.8 Å². The smallest absolute Gasteiger partial charge is 0.242 e. The molecule has 8 heteroatoms. The van der Waals surface area contributed by atoms with Gasteiger partial charge in [-0.3, -0.25) is 9.69 Å². The third-order valence-corrected chi connectivity index (χ3v) is 7.79. The number of hydrogen-bond donors (Lipinski definition) is 1. The van der Waals surface area contributed by atoms with Gasteiger partial charge in [0.05, 0.1) is 17.5 Å². The van der Waals surface area contributed by atoms with E-state index in [2.05, 4.69) is 39.2 Å². The molecule has 1 amide bonds. The van der Waals surface area contributed by atoms with Gasteiger partial charge in [0.15, 0.2) is 0 Å². The fourth-order valence-corrected chi connectivity index (χ4v) is 5.30. The quantitative estimate of drug-likeness (QED) is 0.624. The highest BCUT2D eigenvalue weighted by atomic mass is 32.2. The second-order valence-corrected chi connectivity index (χ2v) is 10.3. The number of benzene rings is 2. The standard InChI is InChI=1S/C24H28N4O3S/c1-18-11-12-20(16-22(18)32(30,31)26(2)3)25-23(29)17-28-15-14-27-13-7-10-21(27)24(28)19-8-5-4-6-9-19/h4-13,16,24H,14-15,17H2,1-3H3,(H,25,29). The number of carbonyl (C=O) groups excluding carboxylic acids is 1. The molecule has 1 N–H and O–H groups in total. The van der Waals surface area contributed by atoms with Crippen molar-refractivity contribution < 1.29 is 13.2 Å². The Morgan fingerprint density at radius 1 is 1.06 bits per heavy atom. The summed E-state index contributed by atoms with van der Waals surface area (Å²) in [6, 6.07) is 19.3. The third-order valence-electron chi connectivity index (χ3n) is 5.83. The van der Waals surface area contributed by atoms with Crippen LogP contribution < -0.4 is 5.32 Å². The Morgan fingerprint density at radius 3 is 2.53 bits per heavy atom. The number of nitrogens with zero attached hydrogens (tertiary/aromatic N) is 3. The van der Waals surface area contributed by atoms with Crippen LogP contribution in [0, 0.1) is 6.92 Å². The van der Waals surface area contributed by atoms with Gasteiger partial charge >= 0.3 is 0 Å². The molecule has 4 rings (SSSR count). The second-order valence-electron chi connectivity index (χ2n) is 8.23. The Hall–Kier alpha value is -2.94. The van der Waals surface area contributed by atoms with Crippen molar-refractivity contribution in [1.29, 1.82) is 0 Å². The van der Waals surface area contributed by atoms with E-state index in [9.17, 15) is 13.2 Å². The second kappa shape index (κ2) is 8.90. The van der Waals surface area contributed by atoms with Gasteiger partial charge in [-0.05, 0) is 42.3 Å². The molecule has 1 unspecified atom stereocenters. The topological polar surface area (TPSA) is 74.6 Å². The number of fused-ring (bicyclic) bond motifs is 1. The summed E-state index contributed by atoms with van der Waals surface area (Å²) in [5.74, 6) is -0.178. The van der Waals surface area contributed by atoms with E-state index in [-0.39, 0.29) is 23.4 Å². The Morgan fingerprint density at radius 2 is 1.81 bits per heavy atom. The first-order valence-electron chi connectivity index (χ1n) is 10.5. The zero-order chi connectivity index (χ0) is 22.9. The molecule has 0 fully saturated rings. The van der Waals surface area contributed by atoms with E-state index >= 15 is 0 Å². The molecule has 0 bridgehead atoms. The number of nitrogens with one attached hydrogen (secondary N) is 1. The van der Waals surface area contributed by atoms with Crippen LogP contribution in [0.3, 0.4) is 0 Å². The zero-order valence-corrected chi connectivity index (χ0v) is 19.3. The molecular weight excluding hydrogens is 424 g/mol. The van der Waals surface area contributed by atoms with E-state index in [1.54, 1.807) is 19.1 Å². The van der Waals surface area contributed by atoms with Crippen LogP contribution in [0.2, 0.25) is 0 Å². The van der Waals surface area contributed by atoms with E-state index in [4.69, 9.17) is 0 Å². The lowest BCUT2D eigenvalue weighted by atomic mass is 10.00. The SMILES string of the molecule is Cc1ccc(NC(=O)CN2CCn3cccc3C2c2ccccc2)cc1S(=O)(=O)N(C)C. The van der Waals surface area contributed by atoms with E-state index in [1.807, 2.05) is 24.3 Å². The largest absolute Gasteiger partial charge is 0.348 e. The number of aromatic nitrogens is 1. The number of aryl methyl sites for hydroxylation is 1. The molecule has 32 heavy (non-hydrogen) atoms. The molecule has 0 saturated carbocycles. The minimum absolute atomic E-state index is 0.0200. The Bertz CT molecular complexity index is 1220. The van der Waals surface area contributed by atoms with Crippen molar-refractivity contribution in [2.24, 2.45) is 0 Å². The lowest BCUT2D eigenvalue weighted by molar-refractivity contribution is -0.117. The van der Waals surface area contributed by atoms with Crippen molar-refractivity contribution in [3.63, 3.8) is 0 Å². The predicted octanol–water partition coefficient (Wildman–Crippen LogP) is 3.09. The lowest BCUT2D eigenvalue weighted by Crippen LogP contribution is -2.42. The number of carbonyl (C=O) groups is 1. The summed E-state index contributed by atoms with van der Waals surface area (Å²) in [6.45, 7) is 3.50. The molecule has 168 valence electrons. The molecule has 7 nitrogen and oxygen atoms in total. The normalized spacial score (nSPS) is 16.7. The van der Waals surface area contributed by atoms with Crippen LogP contribution in [0.1, 0.15) is 22.9 Å². The van der Waals surface area contributed by atoms with Gasteiger partial charge in [0.1, 0.15) is 0 Å². The highest BCUT2D eigenvalue weighted by Gasteiger charge is 2.30. The number of amides is 1. The third kappa shape index (κ3) is 4.34. The molecule has 2 aromatic carbocycles. The summed E-state index contributed by atoms with van der Waals surface area (Å²) in [4.78, 5) is 15.3. The summed E-state index contributed by atoms with van der Waals surface area (Å²) in [6.07, 6.45) is 2.07. The van der Waals surface area contributed by atoms with Crippen molar-refractivity contribution in [3.05, 3.63) is 83.7 Å². The van der Waals surface area contributed by atoms with Gasteiger partial charge in [-0.15, -0.1) is 0 Å². The molecule has 0 saturated heterocycles. The van der Waals surface area contributed by atoms with E-state index in [1.165, 1.54) is 24.5 Å². The maximum atomic E-state index is 13.0. The van der Waals surface area contributed by atoms with Crippen LogP contribution in [-0.4, -0.2) is 55.3 Å². The summed E-state index contributed by atoms with van der Waals surface area (Å²) in [7, 11) is -0.604. The number of rotatable bonds is 6. The fraction of sp³-hybridized carbons (Fsp3) is 0.292.